The van der Waals surface area contributed by atoms with Crippen LogP contribution in [0.15, 0.2) is 36.5 Å². The van der Waals surface area contributed by atoms with Gasteiger partial charge in [0.1, 0.15) is 0 Å². The molecule has 2 N–H and O–H groups in total. The molecule has 0 fully saturated rings. The van der Waals surface area contributed by atoms with Gasteiger partial charge in [-0.1, -0.05) is 23.4 Å². The number of aromatic nitrogens is 3. The molecule has 0 bridgehead atoms. The summed E-state index contributed by atoms with van der Waals surface area (Å²) in [6, 6.07) is 9.75. The normalized spacial score (nSPS) is 12.8. The highest BCUT2D eigenvalue weighted by Gasteiger charge is 2.09. The highest BCUT2D eigenvalue weighted by Crippen LogP contribution is 2.07. The molecule has 6 nitrogen and oxygen atoms in total. The predicted molar refractivity (Wildman–Crippen MR) is 70.8 cm³/mol. The van der Waals surface area contributed by atoms with Crippen LogP contribution in [0.5, 0.6) is 0 Å². The number of benzene rings is 1. The van der Waals surface area contributed by atoms with Crippen LogP contribution in [0.3, 0.4) is 0 Å². The van der Waals surface area contributed by atoms with Gasteiger partial charge in [-0.15, -0.1) is 5.10 Å². The molecule has 0 saturated heterocycles. The maximum Gasteiger partial charge on any atom is 0.0971 e. The largest absolute Gasteiger partial charge is 0.394 e. The molecule has 0 spiro atoms. The fourth-order valence-corrected chi connectivity index (χ4v) is 1.84. The van der Waals surface area contributed by atoms with E-state index in [-0.39, 0.29) is 6.61 Å². The molecule has 1 heterocycles. The van der Waals surface area contributed by atoms with Crippen LogP contribution in [0.25, 0.3) is 5.69 Å². The van der Waals surface area contributed by atoms with Gasteiger partial charge in [0.05, 0.1) is 30.3 Å². The Bertz CT molecular complexity index is 500. The average Bonchev–Trinajstić information content (AvgIpc) is 2.88. The number of hydrogen-bond donors (Lipinski definition) is 2. The van der Waals surface area contributed by atoms with E-state index in [1.165, 1.54) is 0 Å². The molecular weight excluding hydrogens is 244 g/mol. The monoisotopic (exact) mass is 262 g/mol. The lowest BCUT2D eigenvalue weighted by Gasteiger charge is -2.17. The van der Waals surface area contributed by atoms with Crippen molar-refractivity contribution in [1.82, 2.24) is 19.9 Å². The van der Waals surface area contributed by atoms with E-state index in [9.17, 15) is 5.11 Å². The van der Waals surface area contributed by atoms with Crippen molar-refractivity contribution in [3.63, 3.8) is 0 Å². The molecule has 0 unspecified atom stereocenters. The van der Waals surface area contributed by atoms with E-state index in [4.69, 9.17) is 5.11 Å². The quantitative estimate of drug-likeness (QED) is 0.769. The van der Waals surface area contributed by atoms with Crippen molar-refractivity contribution in [3.8, 4) is 5.69 Å². The highest BCUT2D eigenvalue weighted by atomic mass is 16.3. The van der Waals surface area contributed by atoms with Gasteiger partial charge in [-0.25, -0.2) is 4.68 Å². The van der Waals surface area contributed by atoms with Crippen LogP contribution in [-0.4, -0.2) is 56.4 Å². The average molecular weight is 262 g/mol. The summed E-state index contributed by atoms with van der Waals surface area (Å²) in [5.41, 5.74) is 1.77. The van der Waals surface area contributed by atoms with Crippen molar-refractivity contribution in [3.05, 3.63) is 42.2 Å². The SMILES string of the molecule is CN(Cc1cn(-c2ccccc2)nn1)C[C@@H](O)CO. The summed E-state index contributed by atoms with van der Waals surface area (Å²) >= 11 is 0. The lowest BCUT2D eigenvalue weighted by Crippen LogP contribution is -2.31. The van der Waals surface area contributed by atoms with Crippen molar-refractivity contribution in [1.29, 1.82) is 0 Å². The minimum atomic E-state index is -0.728. The van der Waals surface area contributed by atoms with E-state index >= 15 is 0 Å². The van der Waals surface area contributed by atoms with Gasteiger partial charge >= 0.3 is 0 Å². The molecule has 0 amide bonds. The van der Waals surface area contributed by atoms with Gasteiger partial charge in [-0.05, 0) is 19.2 Å². The molecule has 2 aromatic rings. The number of hydrogen-bond acceptors (Lipinski definition) is 5. The number of rotatable bonds is 6. The van der Waals surface area contributed by atoms with Crippen LogP contribution in [0, 0.1) is 0 Å². The molecule has 1 atom stereocenters. The summed E-state index contributed by atoms with van der Waals surface area (Å²) in [5.74, 6) is 0. The Balaban J connectivity index is 1.98. The van der Waals surface area contributed by atoms with E-state index in [1.807, 2.05) is 48.5 Å². The molecule has 0 radical (unpaired) electrons. The third-order valence-electron chi connectivity index (χ3n) is 2.73. The van der Waals surface area contributed by atoms with Crippen LogP contribution in [0.2, 0.25) is 0 Å². The summed E-state index contributed by atoms with van der Waals surface area (Å²) in [4.78, 5) is 1.89. The number of likely N-dealkylation sites (N-methyl/N-ethyl adjacent to an activating group) is 1. The minimum Gasteiger partial charge on any atom is -0.394 e. The number of para-hydroxylation sites is 1. The third kappa shape index (κ3) is 3.85. The minimum absolute atomic E-state index is 0.235. The van der Waals surface area contributed by atoms with Crippen LogP contribution >= 0.6 is 0 Å². The zero-order chi connectivity index (χ0) is 13.7. The number of nitrogens with zero attached hydrogens (tertiary/aromatic N) is 4. The van der Waals surface area contributed by atoms with Crippen LogP contribution in [0.4, 0.5) is 0 Å². The van der Waals surface area contributed by atoms with Gasteiger partial charge in [0.2, 0.25) is 0 Å². The molecule has 102 valence electrons. The summed E-state index contributed by atoms with van der Waals surface area (Å²) < 4.78 is 1.71. The van der Waals surface area contributed by atoms with Crippen molar-refractivity contribution in [2.45, 2.75) is 12.6 Å². The molecule has 0 aliphatic rings. The van der Waals surface area contributed by atoms with E-state index in [0.29, 0.717) is 13.1 Å². The van der Waals surface area contributed by atoms with E-state index in [1.54, 1.807) is 4.68 Å². The Hall–Kier alpha value is -1.76. The van der Waals surface area contributed by atoms with E-state index in [2.05, 4.69) is 10.3 Å². The third-order valence-corrected chi connectivity index (χ3v) is 2.73. The number of aliphatic hydroxyl groups is 2. The molecule has 0 aliphatic heterocycles. The van der Waals surface area contributed by atoms with Gasteiger partial charge in [-0.3, -0.25) is 4.90 Å². The number of aliphatic hydroxyl groups excluding tert-OH is 2. The highest BCUT2D eigenvalue weighted by molar-refractivity contribution is 5.29. The summed E-state index contributed by atoms with van der Waals surface area (Å²) in [7, 11) is 1.86. The Kier molecular flexibility index (Phi) is 4.62. The summed E-state index contributed by atoms with van der Waals surface area (Å²) in [6.07, 6.45) is 1.13. The molecule has 1 aromatic heterocycles. The zero-order valence-corrected chi connectivity index (χ0v) is 10.8. The fraction of sp³-hybridized carbons (Fsp3) is 0.385. The maximum atomic E-state index is 9.36. The topological polar surface area (TPSA) is 74.4 Å². The molecule has 2 rings (SSSR count). The van der Waals surface area contributed by atoms with Crippen molar-refractivity contribution in [2.75, 3.05) is 20.2 Å². The standard InChI is InChI=1S/C13H18N4O2/c1-16(9-13(19)10-18)7-11-8-17(15-14-11)12-5-3-2-4-6-12/h2-6,8,13,18-19H,7,9-10H2,1H3/t13-/m1/s1. The smallest absolute Gasteiger partial charge is 0.0971 e. The second-order valence-electron chi connectivity index (χ2n) is 4.52. The van der Waals surface area contributed by atoms with Crippen LogP contribution in [0.1, 0.15) is 5.69 Å². The second kappa shape index (κ2) is 6.42. The Morgan fingerprint density at radius 2 is 2.05 bits per heavy atom. The van der Waals surface area contributed by atoms with Crippen molar-refractivity contribution < 1.29 is 10.2 Å². The Morgan fingerprint density at radius 1 is 1.32 bits per heavy atom. The van der Waals surface area contributed by atoms with Crippen LogP contribution < -0.4 is 0 Å². The Labute approximate surface area is 111 Å². The fourth-order valence-electron chi connectivity index (χ4n) is 1.84. The molecule has 1 aromatic carbocycles. The first-order chi connectivity index (χ1) is 9.19. The lowest BCUT2D eigenvalue weighted by atomic mass is 10.3. The van der Waals surface area contributed by atoms with Crippen molar-refractivity contribution in [2.24, 2.45) is 0 Å². The van der Waals surface area contributed by atoms with Crippen molar-refractivity contribution >= 4 is 0 Å². The second-order valence-corrected chi connectivity index (χ2v) is 4.52. The molecule has 6 heteroatoms. The zero-order valence-electron chi connectivity index (χ0n) is 10.8. The first-order valence-corrected chi connectivity index (χ1v) is 6.13. The van der Waals surface area contributed by atoms with Crippen LogP contribution in [-0.2, 0) is 6.54 Å². The molecular formula is C13H18N4O2. The summed E-state index contributed by atoms with van der Waals surface area (Å²) in [6.45, 7) is 0.736. The summed E-state index contributed by atoms with van der Waals surface area (Å²) in [5, 5.41) is 26.3. The first kappa shape index (κ1) is 13.7. The predicted octanol–water partition coefficient (Wildman–Crippen LogP) is 0.0523. The van der Waals surface area contributed by atoms with Gasteiger partial charge in [0.25, 0.3) is 0 Å². The lowest BCUT2D eigenvalue weighted by molar-refractivity contribution is 0.0645. The van der Waals surface area contributed by atoms with Gasteiger partial charge in [0, 0.05) is 13.1 Å². The molecule has 19 heavy (non-hydrogen) atoms. The first-order valence-electron chi connectivity index (χ1n) is 6.13. The van der Waals surface area contributed by atoms with E-state index in [0.717, 1.165) is 11.4 Å². The van der Waals surface area contributed by atoms with E-state index < -0.39 is 6.10 Å². The van der Waals surface area contributed by atoms with Gasteiger partial charge < -0.3 is 10.2 Å². The van der Waals surface area contributed by atoms with Gasteiger partial charge in [0.15, 0.2) is 0 Å². The Morgan fingerprint density at radius 3 is 2.74 bits per heavy atom. The molecule has 0 saturated carbocycles. The van der Waals surface area contributed by atoms with Gasteiger partial charge in [-0.2, -0.15) is 0 Å². The molecule has 0 aliphatic carbocycles. The maximum absolute atomic E-state index is 9.36.